The van der Waals surface area contributed by atoms with E-state index in [4.69, 9.17) is 10.5 Å². The predicted molar refractivity (Wildman–Crippen MR) is 80.9 cm³/mol. The van der Waals surface area contributed by atoms with Gasteiger partial charge in [0.1, 0.15) is 5.75 Å². The molecular formula is C16H14N2O3. The molecule has 0 unspecified atom stereocenters. The van der Waals surface area contributed by atoms with Crippen LogP contribution in [0.4, 0.5) is 5.69 Å². The Labute approximate surface area is 121 Å². The number of aryl methyl sites for hydroxylation is 1. The van der Waals surface area contributed by atoms with Crippen LogP contribution in [-0.2, 0) is 0 Å². The van der Waals surface area contributed by atoms with Crippen molar-refractivity contribution >= 4 is 22.6 Å². The first-order valence-corrected chi connectivity index (χ1v) is 6.45. The number of nitrogen functional groups attached to an aromatic ring is 1. The van der Waals surface area contributed by atoms with Gasteiger partial charge in [0.15, 0.2) is 11.4 Å². The highest BCUT2D eigenvalue weighted by Crippen LogP contribution is 2.37. The highest BCUT2D eigenvalue weighted by molar-refractivity contribution is 6.01. The molecule has 3 rings (SSSR count). The predicted octanol–water partition coefficient (Wildman–Crippen LogP) is 3.55. The number of para-hydroxylation sites is 2. The molecule has 3 aromatic rings. The van der Waals surface area contributed by atoms with Crippen LogP contribution in [0, 0.1) is 6.92 Å². The molecule has 0 radical (unpaired) electrons. The summed E-state index contributed by atoms with van der Waals surface area (Å²) in [7, 11) is 0. The maximum Gasteiger partial charge on any atom is 0.356 e. The van der Waals surface area contributed by atoms with Crippen LogP contribution in [0.3, 0.4) is 0 Å². The van der Waals surface area contributed by atoms with Gasteiger partial charge in [-0.15, -0.1) is 0 Å². The zero-order valence-corrected chi connectivity index (χ0v) is 11.4. The molecule has 5 nitrogen and oxygen atoms in total. The number of hydrogen-bond acceptors (Lipinski definition) is 3. The number of nitrogens with two attached hydrogens (primary N) is 1. The zero-order chi connectivity index (χ0) is 15.0. The van der Waals surface area contributed by atoms with Gasteiger partial charge in [-0.1, -0.05) is 24.3 Å². The van der Waals surface area contributed by atoms with Crippen LogP contribution in [0.2, 0.25) is 0 Å². The molecule has 5 heteroatoms. The zero-order valence-electron chi connectivity index (χ0n) is 11.4. The van der Waals surface area contributed by atoms with E-state index in [1.165, 1.54) is 0 Å². The second-order valence-corrected chi connectivity index (χ2v) is 4.77. The number of carboxylic acid groups (broad SMARTS) is 1. The molecule has 0 bridgehead atoms. The number of carboxylic acids is 1. The normalized spacial score (nSPS) is 10.7. The lowest BCUT2D eigenvalue weighted by atomic mass is 10.1. The molecule has 106 valence electrons. The van der Waals surface area contributed by atoms with Crippen LogP contribution in [0.5, 0.6) is 11.5 Å². The van der Waals surface area contributed by atoms with Gasteiger partial charge in [-0.05, 0) is 30.7 Å². The number of fused-ring (bicyclic) bond motifs is 1. The Hall–Kier alpha value is -2.95. The van der Waals surface area contributed by atoms with E-state index >= 15 is 0 Å². The number of aromatic nitrogens is 1. The number of aromatic amines is 1. The monoisotopic (exact) mass is 282 g/mol. The fourth-order valence-electron chi connectivity index (χ4n) is 2.33. The van der Waals surface area contributed by atoms with E-state index in [1.807, 2.05) is 25.1 Å². The molecule has 2 aromatic carbocycles. The number of anilines is 1. The Morgan fingerprint density at radius 3 is 2.67 bits per heavy atom. The van der Waals surface area contributed by atoms with Gasteiger partial charge in [-0.2, -0.15) is 0 Å². The quantitative estimate of drug-likeness (QED) is 0.641. The Morgan fingerprint density at radius 1 is 1.19 bits per heavy atom. The molecule has 4 N–H and O–H groups in total. The summed E-state index contributed by atoms with van der Waals surface area (Å²) in [5, 5.41) is 10.1. The Bertz CT molecular complexity index is 837. The molecule has 1 aromatic heterocycles. The lowest BCUT2D eigenvalue weighted by Crippen LogP contribution is -2.00. The van der Waals surface area contributed by atoms with Crippen molar-refractivity contribution in [2.75, 3.05) is 5.73 Å². The summed E-state index contributed by atoms with van der Waals surface area (Å²) in [6.45, 7) is 1.91. The van der Waals surface area contributed by atoms with Crippen LogP contribution >= 0.6 is 0 Å². The Balaban J connectivity index is 2.23. The van der Waals surface area contributed by atoms with E-state index in [-0.39, 0.29) is 11.4 Å². The Kier molecular flexibility index (Phi) is 3.02. The van der Waals surface area contributed by atoms with Gasteiger partial charge in [-0.3, -0.25) is 0 Å². The number of rotatable bonds is 3. The minimum absolute atomic E-state index is 0.0163. The lowest BCUT2D eigenvalue weighted by molar-refractivity contribution is 0.0689. The second kappa shape index (κ2) is 4.86. The summed E-state index contributed by atoms with van der Waals surface area (Å²) in [4.78, 5) is 14.3. The first-order chi connectivity index (χ1) is 10.1. The third kappa shape index (κ3) is 2.18. The number of benzene rings is 2. The summed E-state index contributed by atoms with van der Waals surface area (Å²) in [6, 6.07) is 12.6. The molecule has 0 amide bonds. The average molecular weight is 282 g/mol. The third-order valence-corrected chi connectivity index (χ3v) is 3.33. The largest absolute Gasteiger partial charge is 0.476 e. The summed E-state index contributed by atoms with van der Waals surface area (Å²) >= 11 is 0. The number of H-pyrrole nitrogens is 1. The van der Waals surface area contributed by atoms with Crippen LogP contribution < -0.4 is 10.5 Å². The van der Waals surface area contributed by atoms with E-state index < -0.39 is 5.97 Å². The lowest BCUT2D eigenvalue weighted by Gasteiger charge is -2.09. The fraction of sp³-hybridized carbons (Fsp3) is 0.0625. The van der Waals surface area contributed by atoms with Gasteiger partial charge < -0.3 is 20.6 Å². The molecule has 0 atom stereocenters. The first-order valence-electron chi connectivity index (χ1n) is 6.45. The van der Waals surface area contributed by atoms with Crippen molar-refractivity contribution in [2.45, 2.75) is 6.92 Å². The highest BCUT2D eigenvalue weighted by atomic mass is 16.5. The van der Waals surface area contributed by atoms with E-state index in [2.05, 4.69) is 4.98 Å². The molecule has 0 aliphatic carbocycles. The second-order valence-electron chi connectivity index (χ2n) is 4.77. The summed E-state index contributed by atoms with van der Waals surface area (Å²) in [6.07, 6.45) is 0. The number of carbonyl (C=O) groups is 1. The first kappa shape index (κ1) is 13.1. The van der Waals surface area contributed by atoms with Gasteiger partial charge in [0.25, 0.3) is 0 Å². The van der Waals surface area contributed by atoms with Crippen molar-refractivity contribution in [1.82, 2.24) is 4.98 Å². The summed E-state index contributed by atoms with van der Waals surface area (Å²) < 4.78 is 5.80. The van der Waals surface area contributed by atoms with Gasteiger partial charge in [0, 0.05) is 5.39 Å². The molecule has 0 saturated carbocycles. The molecule has 1 heterocycles. The van der Waals surface area contributed by atoms with E-state index in [0.29, 0.717) is 11.4 Å². The van der Waals surface area contributed by atoms with Crippen LogP contribution in [-0.4, -0.2) is 16.1 Å². The van der Waals surface area contributed by atoms with Gasteiger partial charge in [-0.25, -0.2) is 4.79 Å². The number of aromatic carboxylic acids is 1. The molecule has 21 heavy (non-hydrogen) atoms. The highest BCUT2D eigenvalue weighted by Gasteiger charge is 2.21. The average Bonchev–Trinajstić information content (AvgIpc) is 2.82. The smallest absolute Gasteiger partial charge is 0.356 e. The molecule has 0 fully saturated rings. The number of hydrogen-bond donors (Lipinski definition) is 3. The van der Waals surface area contributed by atoms with Crippen molar-refractivity contribution in [3.8, 4) is 11.5 Å². The minimum Gasteiger partial charge on any atom is -0.476 e. The van der Waals surface area contributed by atoms with Crippen LogP contribution in [0.25, 0.3) is 10.9 Å². The summed E-state index contributed by atoms with van der Waals surface area (Å²) in [5.41, 5.74) is 7.99. The van der Waals surface area contributed by atoms with Gasteiger partial charge in [0.2, 0.25) is 0 Å². The number of ether oxygens (including phenoxy) is 1. The molecule has 0 aliphatic heterocycles. The summed E-state index contributed by atoms with van der Waals surface area (Å²) in [5.74, 6) is -0.354. The number of nitrogens with one attached hydrogen (secondary N) is 1. The van der Waals surface area contributed by atoms with Gasteiger partial charge in [0.05, 0.1) is 11.2 Å². The molecule has 0 aliphatic rings. The van der Waals surface area contributed by atoms with Crippen molar-refractivity contribution in [1.29, 1.82) is 0 Å². The van der Waals surface area contributed by atoms with Crippen molar-refractivity contribution in [3.05, 3.63) is 53.7 Å². The third-order valence-electron chi connectivity index (χ3n) is 3.33. The van der Waals surface area contributed by atoms with E-state index in [0.717, 1.165) is 16.5 Å². The Morgan fingerprint density at radius 2 is 1.95 bits per heavy atom. The van der Waals surface area contributed by atoms with Crippen molar-refractivity contribution in [3.63, 3.8) is 0 Å². The molecule has 0 spiro atoms. The topological polar surface area (TPSA) is 88.3 Å². The SMILES string of the molecule is Cc1cccc2[nH]c(C(=O)O)c(Oc3ccccc3N)c12. The van der Waals surface area contributed by atoms with E-state index in [9.17, 15) is 9.90 Å². The minimum atomic E-state index is -1.07. The maximum atomic E-state index is 11.4. The van der Waals surface area contributed by atoms with Crippen molar-refractivity contribution < 1.29 is 14.6 Å². The van der Waals surface area contributed by atoms with E-state index in [1.54, 1.807) is 24.3 Å². The maximum absolute atomic E-state index is 11.4. The molecule has 0 saturated heterocycles. The van der Waals surface area contributed by atoms with Gasteiger partial charge >= 0.3 is 5.97 Å². The standard InChI is InChI=1S/C16H14N2O3/c1-9-5-4-7-11-13(9)15(14(18-11)16(19)20)21-12-8-3-2-6-10(12)17/h2-8,18H,17H2,1H3,(H,19,20). The van der Waals surface area contributed by atoms with Crippen molar-refractivity contribution in [2.24, 2.45) is 0 Å². The van der Waals surface area contributed by atoms with Crippen LogP contribution in [0.1, 0.15) is 16.1 Å². The fourth-order valence-corrected chi connectivity index (χ4v) is 2.33. The molecular weight excluding hydrogens is 268 g/mol. The van der Waals surface area contributed by atoms with Crippen LogP contribution in [0.15, 0.2) is 42.5 Å².